The Morgan fingerprint density at radius 2 is 2.12 bits per heavy atom. The van der Waals surface area contributed by atoms with Crippen molar-refractivity contribution in [2.75, 3.05) is 6.61 Å². The van der Waals surface area contributed by atoms with Gasteiger partial charge in [-0.25, -0.2) is 9.97 Å². The van der Waals surface area contributed by atoms with E-state index in [9.17, 15) is 0 Å². The Balaban J connectivity index is 1.82. The second kappa shape index (κ2) is 5.10. The molecule has 1 aliphatic rings. The number of hydrogen-bond donors (Lipinski definition) is 1. The van der Waals surface area contributed by atoms with Crippen LogP contribution in [-0.4, -0.2) is 28.7 Å². The molecule has 0 bridgehead atoms. The van der Waals surface area contributed by atoms with Crippen LogP contribution in [0.4, 0.5) is 0 Å². The van der Waals surface area contributed by atoms with E-state index in [2.05, 4.69) is 36.1 Å². The molecule has 1 aliphatic carbocycles. The lowest BCUT2D eigenvalue weighted by Gasteiger charge is -2.52. The molecule has 4 nitrogen and oxygen atoms in total. The number of aromatic nitrogens is 2. The van der Waals surface area contributed by atoms with E-state index in [0.717, 1.165) is 25.1 Å². The summed E-state index contributed by atoms with van der Waals surface area (Å²) in [5.74, 6) is 0. The molecule has 1 saturated carbocycles. The molecule has 4 heteroatoms. The van der Waals surface area contributed by atoms with E-state index in [-0.39, 0.29) is 5.41 Å². The highest BCUT2D eigenvalue weighted by atomic mass is 16.5. The summed E-state index contributed by atoms with van der Waals surface area (Å²) < 4.78 is 5.71. The van der Waals surface area contributed by atoms with Gasteiger partial charge in [-0.15, -0.1) is 0 Å². The average Bonchev–Trinajstić information content (AvgIpc) is 2.34. The first-order valence-electron chi connectivity index (χ1n) is 6.23. The lowest BCUT2D eigenvalue weighted by molar-refractivity contribution is -0.114. The van der Waals surface area contributed by atoms with Gasteiger partial charge in [-0.2, -0.15) is 0 Å². The maximum atomic E-state index is 5.71. The summed E-state index contributed by atoms with van der Waals surface area (Å²) in [6.07, 6.45) is 6.74. The summed E-state index contributed by atoms with van der Waals surface area (Å²) >= 11 is 0. The number of ether oxygens (including phenoxy) is 1. The van der Waals surface area contributed by atoms with Crippen LogP contribution >= 0.6 is 0 Å². The maximum Gasteiger partial charge on any atom is 0.115 e. The van der Waals surface area contributed by atoms with Crippen molar-refractivity contribution in [1.29, 1.82) is 0 Å². The fourth-order valence-corrected chi connectivity index (χ4v) is 2.38. The Bertz CT molecular complexity index is 353. The Morgan fingerprint density at radius 3 is 2.71 bits per heavy atom. The molecule has 0 radical (unpaired) electrons. The van der Waals surface area contributed by atoms with Crippen molar-refractivity contribution < 1.29 is 4.74 Å². The molecule has 0 saturated heterocycles. The van der Waals surface area contributed by atoms with Gasteiger partial charge in [0.05, 0.1) is 6.10 Å². The van der Waals surface area contributed by atoms with Crippen molar-refractivity contribution in [2.45, 2.75) is 45.9 Å². The number of hydrogen-bond acceptors (Lipinski definition) is 4. The summed E-state index contributed by atoms with van der Waals surface area (Å²) in [5.41, 5.74) is 1.34. The Morgan fingerprint density at radius 1 is 1.41 bits per heavy atom. The van der Waals surface area contributed by atoms with Crippen molar-refractivity contribution >= 4 is 0 Å². The van der Waals surface area contributed by atoms with Crippen molar-refractivity contribution in [3.05, 3.63) is 24.3 Å². The van der Waals surface area contributed by atoms with Gasteiger partial charge in [0.2, 0.25) is 0 Å². The summed E-state index contributed by atoms with van der Waals surface area (Å²) in [6.45, 7) is 8.20. The standard InChI is InChI=1S/C13H21N3O/c1-4-17-12-5-11(13(12,2)3)16-8-10-6-14-9-15-7-10/h6-7,9,11-12,16H,4-5,8H2,1-3H3. The minimum atomic E-state index is 0.214. The lowest BCUT2D eigenvalue weighted by atomic mass is 9.64. The molecule has 2 rings (SSSR count). The molecule has 1 fully saturated rings. The van der Waals surface area contributed by atoms with Crippen LogP contribution in [0.5, 0.6) is 0 Å². The smallest absolute Gasteiger partial charge is 0.115 e. The zero-order valence-corrected chi connectivity index (χ0v) is 10.8. The summed E-state index contributed by atoms with van der Waals surface area (Å²) in [4.78, 5) is 8.02. The molecule has 0 aromatic carbocycles. The van der Waals surface area contributed by atoms with E-state index in [1.807, 2.05) is 12.4 Å². The third kappa shape index (κ3) is 2.64. The zero-order valence-electron chi connectivity index (χ0n) is 10.8. The highest BCUT2D eigenvalue weighted by molar-refractivity contribution is 5.06. The van der Waals surface area contributed by atoms with Gasteiger partial charge in [0.15, 0.2) is 0 Å². The monoisotopic (exact) mass is 235 g/mol. The van der Waals surface area contributed by atoms with Gasteiger partial charge in [-0.1, -0.05) is 13.8 Å². The molecule has 0 amide bonds. The van der Waals surface area contributed by atoms with Gasteiger partial charge in [0, 0.05) is 42.6 Å². The maximum absolute atomic E-state index is 5.71. The molecule has 2 atom stereocenters. The molecule has 1 aromatic rings. The van der Waals surface area contributed by atoms with Crippen LogP contribution in [0.2, 0.25) is 0 Å². The van der Waals surface area contributed by atoms with Crippen LogP contribution in [0, 0.1) is 5.41 Å². The normalized spacial score (nSPS) is 26.5. The predicted octanol–water partition coefficient (Wildman–Crippen LogP) is 1.77. The van der Waals surface area contributed by atoms with Crippen molar-refractivity contribution in [2.24, 2.45) is 5.41 Å². The minimum absolute atomic E-state index is 0.214. The first-order valence-corrected chi connectivity index (χ1v) is 6.23. The summed E-state index contributed by atoms with van der Waals surface area (Å²) in [5, 5.41) is 3.55. The van der Waals surface area contributed by atoms with Crippen LogP contribution in [0.25, 0.3) is 0 Å². The van der Waals surface area contributed by atoms with Gasteiger partial charge < -0.3 is 10.1 Å². The van der Waals surface area contributed by atoms with Crippen molar-refractivity contribution in [1.82, 2.24) is 15.3 Å². The molecule has 1 heterocycles. The molecule has 0 aliphatic heterocycles. The molecule has 17 heavy (non-hydrogen) atoms. The first-order chi connectivity index (χ1) is 8.14. The Labute approximate surface area is 103 Å². The van der Waals surface area contributed by atoms with Gasteiger partial charge in [-0.05, 0) is 13.3 Å². The van der Waals surface area contributed by atoms with Gasteiger partial charge in [0.25, 0.3) is 0 Å². The average molecular weight is 235 g/mol. The van der Waals surface area contributed by atoms with Crippen LogP contribution < -0.4 is 5.32 Å². The third-order valence-corrected chi connectivity index (χ3v) is 3.71. The van der Waals surface area contributed by atoms with Gasteiger partial charge >= 0.3 is 0 Å². The van der Waals surface area contributed by atoms with Crippen LogP contribution in [0.1, 0.15) is 32.8 Å². The van der Waals surface area contributed by atoms with Crippen LogP contribution in [0.15, 0.2) is 18.7 Å². The topological polar surface area (TPSA) is 47.0 Å². The lowest BCUT2D eigenvalue weighted by Crippen LogP contribution is -2.60. The quantitative estimate of drug-likeness (QED) is 0.845. The van der Waals surface area contributed by atoms with Crippen molar-refractivity contribution in [3.8, 4) is 0 Å². The van der Waals surface area contributed by atoms with E-state index in [1.54, 1.807) is 6.33 Å². The van der Waals surface area contributed by atoms with Crippen LogP contribution in [0.3, 0.4) is 0 Å². The predicted molar refractivity (Wildman–Crippen MR) is 66.5 cm³/mol. The number of nitrogens with one attached hydrogen (secondary N) is 1. The molecule has 2 unspecified atom stereocenters. The highest BCUT2D eigenvalue weighted by Crippen LogP contribution is 2.42. The molecule has 1 N–H and O–H groups in total. The molecular formula is C13H21N3O. The number of rotatable bonds is 5. The second-order valence-corrected chi connectivity index (χ2v) is 5.18. The summed E-state index contributed by atoms with van der Waals surface area (Å²) in [6, 6.07) is 0.513. The Kier molecular flexibility index (Phi) is 3.74. The first kappa shape index (κ1) is 12.5. The highest BCUT2D eigenvalue weighted by Gasteiger charge is 2.48. The zero-order chi connectivity index (χ0) is 12.3. The largest absolute Gasteiger partial charge is 0.378 e. The van der Waals surface area contributed by atoms with Gasteiger partial charge in [-0.3, -0.25) is 0 Å². The van der Waals surface area contributed by atoms with E-state index < -0.39 is 0 Å². The second-order valence-electron chi connectivity index (χ2n) is 5.18. The number of nitrogens with zero attached hydrogens (tertiary/aromatic N) is 2. The van der Waals surface area contributed by atoms with Gasteiger partial charge in [0.1, 0.15) is 6.33 Å². The fraction of sp³-hybridized carbons (Fsp3) is 0.692. The fourth-order valence-electron chi connectivity index (χ4n) is 2.38. The SMILES string of the molecule is CCOC1CC(NCc2cncnc2)C1(C)C. The van der Waals surface area contributed by atoms with E-state index in [1.165, 1.54) is 0 Å². The van der Waals surface area contributed by atoms with Crippen LogP contribution in [-0.2, 0) is 11.3 Å². The van der Waals surface area contributed by atoms with E-state index in [0.29, 0.717) is 12.1 Å². The molecule has 1 aromatic heterocycles. The Hall–Kier alpha value is -1.00. The molecule has 94 valence electrons. The van der Waals surface area contributed by atoms with Crippen molar-refractivity contribution in [3.63, 3.8) is 0 Å². The van der Waals surface area contributed by atoms with E-state index >= 15 is 0 Å². The molecule has 0 spiro atoms. The van der Waals surface area contributed by atoms with E-state index in [4.69, 9.17) is 4.74 Å². The minimum Gasteiger partial charge on any atom is -0.378 e. The molecular weight excluding hydrogens is 214 g/mol. The summed E-state index contributed by atoms with van der Waals surface area (Å²) in [7, 11) is 0. The third-order valence-electron chi connectivity index (χ3n) is 3.71.